The lowest BCUT2D eigenvalue weighted by Crippen LogP contribution is -2.45. The van der Waals surface area contributed by atoms with E-state index in [2.05, 4.69) is 0 Å². The summed E-state index contributed by atoms with van der Waals surface area (Å²) in [5.41, 5.74) is -2.02. The lowest BCUT2D eigenvalue weighted by atomic mass is 10.0. The van der Waals surface area contributed by atoms with Gasteiger partial charge in [-0.1, -0.05) is 0 Å². The zero-order valence-corrected chi connectivity index (χ0v) is 16.1. The highest BCUT2D eigenvalue weighted by Gasteiger charge is 2.37. The maximum atomic E-state index is 15.4. The number of carboxylic acid groups (broad SMARTS) is 1. The summed E-state index contributed by atoms with van der Waals surface area (Å²) < 4.78 is 16.9. The maximum absolute atomic E-state index is 15.4. The molecule has 2 fully saturated rings. The van der Waals surface area contributed by atoms with Gasteiger partial charge < -0.3 is 19.5 Å². The number of piperazine rings is 1. The Balaban J connectivity index is 2.12. The van der Waals surface area contributed by atoms with Gasteiger partial charge in [0.2, 0.25) is 5.43 Å². The van der Waals surface area contributed by atoms with E-state index in [4.69, 9.17) is 0 Å². The van der Waals surface area contributed by atoms with Gasteiger partial charge in [-0.3, -0.25) is 14.9 Å². The van der Waals surface area contributed by atoms with Gasteiger partial charge in [0, 0.05) is 44.0 Å². The van der Waals surface area contributed by atoms with Gasteiger partial charge in [-0.25, -0.2) is 9.18 Å². The molecule has 1 aromatic heterocycles. The molecular formula is C19H21FN4O5. The highest BCUT2D eigenvalue weighted by Crippen LogP contribution is 2.44. The Morgan fingerprint density at radius 3 is 2.41 bits per heavy atom. The number of aryl methyl sites for hydroxylation is 1. The number of carbonyl (C=O) groups is 1. The van der Waals surface area contributed by atoms with E-state index in [-0.39, 0.29) is 28.2 Å². The van der Waals surface area contributed by atoms with Crippen LogP contribution in [-0.2, 0) is 0 Å². The molecule has 29 heavy (non-hydrogen) atoms. The molecule has 1 aliphatic heterocycles. The Kier molecular flexibility index (Phi) is 4.53. The van der Waals surface area contributed by atoms with E-state index in [1.807, 2.05) is 11.9 Å². The Labute approximate surface area is 165 Å². The molecule has 0 bridgehead atoms. The number of carboxylic acids is 1. The summed E-state index contributed by atoms with van der Waals surface area (Å²) in [5, 5.41) is 21.3. The molecule has 2 aliphatic rings. The fraction of sp³-hybridized carbons (Fsp3) is 0.474. The molecule has 0 unspecified atom stereocenters. The number of halogens is 1. The standard InChI is InChI=1S/C19H21FN4O5/c1-10-13-15(23(11-3-4-11)9-12(18(13)25)19(26)27)17(24(28)29)16(14(10)20)22-7-5-21(2)6-8-22/h9,11H,3-8H2,1-2H3,(H,26,27). The molecule has 4 rings (SSSR count). The number of benzene rings is 1. The quantitative estimate of drug-likeness (QED) is 0.614. The van der Waals surface area contributed by atoms with Gasteiger partial charge in [0.25, 0.3) is 0 Å². The monoisotopic (exact) mass is 404 g/mol. The van der Waals surface area contributed by atoms with E-state index in [0.29, 0.717) is 39.0 Å². The molecule has 154 valence electrons. The van der Waals surface area contributed by atoms with Gasteiger partial charge in [-0.05, 0) is 26.8 Å². The van der Waals surface area contributed by atoms with Crippen LogP contribution in [0.2, 0.25) is 0 Å². The first-order valence-corrected chi connectivity index (χ1v) is 9.44. The Morgan fingerprint density at radius 2 is 1.90 bits per heavy atom. The van der Waals surface area contributed by atoms with Crippen LogP contribution in [0.1, 0.15) is 34.8 Å². The number of fused-ring (bicyclic) bond motifs is 1. The normalized spacial score (nSPS) is 17.7. The summed E-state index contributed by atoms with van der Waals surface area (Å²) in [6.45, 7) is 3.47. The smallest absolute Gasteiger partial charge is 0.341 e. The van der Waals surface area contributed by atoms with Crippen LogP contribution in [0.4, 0.5) is 15.8 Å². The molecule has 9 nitrogen and oxygen atoms in total. The highest BCUT2D eigenvalue weighted by atomic mass is 19.1. The van der Waals surface area contributed by atoms with Crippen molar-refractivity contribution in [3.05, 3.63) is 43.5 Å². The Bertz CT molecular complexity index is 1100. The first kappa shape index (κ1) is 19.3. The van der Waals surface area contributed by atoms with Crippen LogP contribution < -0.4 is 10.3 Å². The minimum Gasteiger partial charge on any atom is -0.477 e. The number of anilines is 1. The van der Waals surface area contributed by atoms with E-state index in [9.17, 15) is 24.8 Å². The number of nitrogens with zero attached hydrogens (tertiary/aromatic N) is 4. The van der Waals surface area contributed by atoms with E-state index in [1.54, 1.807) is 4.90 Å². The van der Waals surface area contributed by atoms with Crippen LogP contribution in [0.15, 0.2) is 11.0 Å². The zero-order chi connectivity index (χ0) is 21.0. The SMILES string of the molecule is Cc1c(F)c(N2CCN(C)CC2)c([N+](=O)[O-])c2c1c(=O)c(C(=O)O)cn2C1CC1. The summed E-state index contributed by atoms with van der Waals surface area (Å²) in [7, 11) is 1.92. The third kappa shape index (κ3) is 3.03. The van der Waals surface area contributed by atoms with Crippen LogP contribution in [0.3, 0.4) is 0 Å². The van der Waals surface area contributed by atoms with E-state index in [1.165, 1.54) is 17.7 Å². The van der Waals surface area contributed by atoms with Crippen LogP contribution in [0.25, 0.3) is 10.9 Å². The minimum atomic E-state index is -1.43. The van der Waals surface area contributed by atoms with Gasteiger partial charge in [-0.15, -0.1) is 0 Å². The number of hydrogen-bond acceptors (Lipinski definition) is 6. The van der Waals surface area contributed by atoms with Crippen molar-refractivity contribution in [2.24, 2.45) is 0 Å². The lowest BCUT2D eigenvalue weighted by Gasteiger charge is -2.34. The van der Waals surface area contributed by atoms with Crippen molar-refractivity contribution in [1.29, 1.82) is 0 Å². The molecule has 0 spiro atoms. The number of hydrogen-bond donors (Lipinski definition) is 1. The number of aromatic nitrogens is 1. The predicted molar refractivity (Wildman–Crippen MR) is 104 cm³/mol. The summed E-state index contributed by atoms with van der Waals surface area (Å²) in [4.78, 5) is 39.5. The largest absolute Gasteiger partial charge is 0.477 e. The molecule has 10 heteroatoms. The van der Waals surface area contributed by atoms with Crippen molar-refractivity contribution in [2.75, 3.05) is 38.1 Å². The molecule has 1 saturated carbocycles. The number of likely N-dealkylation sites (N-methyl/N-ethyl adjacent to an activating group) is 1. The topological polar surface area (TPSA) is 109 Å². The number of pyridine rings is 1. The average molecular weight is 404 g/mol. The zero-order valence-electron chi connectivity index (χ0n) is 16.1. The lowest BCUT2D eigenvalue weighted by molar-refractivity contribution is -0.382. The first-order valence-electron chi connectivity index (χ1n) is 9.44. The van der Waals surface area contributed by atoms with Crippen molar-refractivity contribution in [3.63, 3.8) is 0 Å². The molecule has 0 radical (unpaired) electrons. The molecule has 1 aliphatic carbocycles. The van der Waals surface area contributed by atoms with E-state index < -0.39 is 33.4 Å². The molecule has 1 N–H and O–H groups in total. The highest BCUT2D eigenvalue weighted by molar-refractivity contribution is 6.00. The van der Waals surface area contributed by atoms with Gasteiger partial charge in [-0.2, -0.15) is 0 Å². The average Bonchev–Trinajstić information content (AvgIpc) is 3.49. The molecule has 2 aromatic rings. The van der Waals surface area contributed by atoms with Gasteiger partial charge >= 0.3 is 11.7 Å². The molecule has 1 aromatic carbocycles. The number of nitro groups is 1. The van der Waals surface area contributed by atoms with Gasteiger partial charge in [0.1, 0.15) is 11.1 Å². The van der Waals surface area contributed by atoms with Crippen LogP contribution in [0.5, 0.6) is 0 Å². The summed E-state index contributed by atoms with van der Waals surface area (Å²) >= 11 is 0. The van der Waals surface area contributed by atoms with Crippen molar-refractivity contribution in [3.8, 4) is 0 Å². The summed E-state index contributed by atoms with van der Waals surface area (Å²) in [5.74, 6) is -2.27. The number of rotatable bonds is 4. The van der Waals surface area contributed by atoms with Crippen LogP contribution in [-0.4, -0.2) is 58.7 Å². The first-order chi connectivity index (χ1) is 13.7. The second-order valence-corrected chi connectivity index (χ2v) is 7.72. The molecule has 1 saturated heterocycles. The van der Waals surface area contributed by atoms with Crippen LogP contribution in [0, 0.1) is 22.9 Å². The van der Waals surface area contributed by atoms with Crippen molar-refractivity contribution in [1.82, 2.24) is 9.47 Å². The third-order valence-corrected chi connectivity index (χ3v) is 5.77. The van der Waals surface area contributed by atoms with Gasteiger partial charge in [0.05, 0.1) is 10.3 Å². The fourth-order valence-corrected chi connectivity index (χ4v) is 4.01. The van der Waals surface area contributed by atoms with E-state index >= 15 is 4.39 Å². The third-order valence-electron chi connectivity index (χ3n) is 5.77. The van der Waals surface area contributed by atoms with E-state index in [0.717, 1.165) is 0 Å². The molecule has 2 heterocycles. The molecule has 0 atom stereocenters. The minimum absolute atomic E-state index is 0.0142. The second-order valence-electron chi connectivity index (χ2n) is 7.72. The Morgan fingerprint density at radius 1 is 1.28 bits per heavy atom. The summed E-state index contributed by atoms with van der Waals surface area (Å²) in [6.07, 6.45) is 2.60. The maximum Gasteiger partial charge on any atom is 0.341 e. The number of aromatic carboxylic acids is 1. The number of nitro benzene ring substituents is 1. The fourth-order valence-electron chi connectivity index (χ4n) is 4.01. The second kappa shape index (κ2) is 6.80. The molecule has 0 amide bonds. The van der Waals surface area contributed by atoms with Crippen LogP contribution >= 0.6 is 0 Å². The Hall–Kier alpha value is -3.01. The van der Waals surface area contributed by atoms with Crippen molar-refractivity contribution < 1.29 is 19.2 Å². The van der Waals surface area contributed by atoms with Crippen molar-refractivity contribution >= 4 is 28.2 Å². The molecular weight excluding hydrogens is 383 g/mol. The van der Waals surface area contributed by atoms with Crippen molar-refractivity contribution in [2.45, 2.75) is 25.8 Å². The predicted octanol–water partition coefficient (Wildman–Crippen LogP) is 2.14. The van der Waals surface area contributed by atoms with Gasteiger partial charge in [0.15, 0.2) is 11.5 Å². The summed E-state index contributed by atoms with van der Waals surface area (Å²) in [6, 6.07) is -0.139.